The Morgan fingerprint density at radius 1 is 0.429 bits per heavy atom. The van der Waals surface area contributed by atoms with Gasteiger partial charge in [-0.3, -0.25) is 0 Å². The Bertz CT molecular complexity index is 92.7. The molecule has 0 unspecified atom stereocenters. The van der Waals surface area contributed by atoms with Gasteiger partial charge >= 0.3 is 21.7 Å². The van der Waals surface area contributed by atoms with Gasteiger partial charge in [0.25, 0.3) is 0 Å². The molecule has 1 aliphatic carbocycles. The molecule has 0 aliphatic heterocycles. The van der Waals surface area contributed by atoms with Gasteiger partial charge in [0.2, 0.25) is 0 Å². The fourth-order valence-electron chi connectivity index (χ4n) is 0.992. The molecule has 1 fully saturated rings. The molecule has 0 saturated heterocycles. The van der Waals surface area contributed by atoms with Gasteiger partial charge in [0.1, 0.15) is 0 Å². The molecule has 0 aromatic rings. The Morgan fingerprint density at radius 2 is 0.571 bits per heavy atom. The number of nitrogens with zero attached hydrogens (tertiary/aromatic N) is 3. The molecule has 1 saturated carbocycles. The Labute approximate surface area is 150 Å². The van der Waals surface area contributed by atoms with Crippen LogP contribution in [0.2, 0.25) is 0 Å². The second-order valence-corrected chi connectivity index (χ2v) is 3.53. The Hall–Kier alpha value is 0.594. The van der Waals surface area contributed by atoms with Crippen LogP contribution < -0.4 is 0 Å². The van der Waals surface area contributed by atoms with E-state index < -0.39 is 0 Å². The Balaban J connectivity index is -0.0000000903. The monoisotopic (exact) mass is 329 g/mol. The first-order valence-corrected chi connectivity index (χ1v) is 7.81. The van der Waals surface area contributed by atoms with E-state index in [1.165, 1.54) is 0 Å². The van der Waals surface area contributed by atoms with E-state index in [1.54, 1.807) is 0 Å². The quantitative estimate of drug-likeness (QED) is 0.600. The van der Waals surface area contributed by atoms with Crippen molar-refractivity contribution in [1.82, 2.24) is 0 Å². The summed E-state index contributed by atoms with van der Waals surface area (Å²) >= 11 is 0. The van der Waals surface area contributed by atoms with E-state index in [0.717, 1.165) is 39.3 Å². The van der Waals surface area contributed by atoms with Gasteiger partial charge in [-0.05, 0) is 32.1 Å². The van der Waals surface area contributed by atoms with Gasteiger partial charge < -0.3 is 16.0 Å². The maximum absolute atomic E-state index is 3.97. The van der Waals surface area contributed by atoms with E-state index >= 15 is 0 Å². The molecule has 4 heteroatoms. The molecule has 21 heavy (non-hydrogen) atoms. The SMILES string of the molecule is CC[N-]CC.CC[N-]CC.CC[N-]CC.[CH]1[CH][CH][CH][CH]1.[Ti+4]. The third-order valence-corrected chi connectivity index (χ3v) is 1.90. The number of hydrogen-bond donors (Lipinski definition) is 0. The van der Waals surface area contributed by atoms with Gasteiger partial charge in [0, 0.05) is 0 Å². The zero-order valence-corrected chi connectivity index (χ0v) is 16.5. The summed E-state index contributed by atoms with van der Waals surface area (Å²) in [7, 11) is 0. The molecule has 0 atom stereocenters. The van der Waals surface area contributed by atoms with Gasteiger partial charge in [-0.1, -0.05) is 41.5 Å². The van der Waals surface area contributed by atoms with Crippen molar-refractivity contribution < 1.29 is 21.7 Å². The van der Waals surface area contributed by atoms with Crippen LogP contribution in [0.1, 0.15) is 41.5 Å². The molecule has 5 radical (unpaired) electrons. The van der Waals surface area contributed by atoms with E-state index in [0.29, 0.717) is 0 Å². The van der Waals surface area contributed by atoms with Crippen molar-refractivity contribution in [2.24, 2.45) is 0 Å². The van der Waals surface area contributed by atoms with Gasteiger partial charge in [0.05, 0.1) is 0 Å². The summed E-state index contributed by atoms with van der Waals surface area (Å²) in [4.78, 5) is 0. The summed E-state index contributed by atoms with van der Waals surface area (Å²) in [6, 6.07) is 0. The topological polar surface area (TPSA) is 42.3 Å². The maximum atomic E-state index is 3.97. The molecule has 0 aromatic heterocycles. The van der Waals surface area contributed by atoms with Crippen molar-refractivity contribution in [1.29, 1.82) is 0 Å². The minimum absolute atomic E-state index is 0. The first-order chi connectivity index (χ1) is 9.74. The molecule has 1 rings (SSSR count). The third-order valence-electron chi connectivity index (χ3n) is 1.90. The van der Waals surface area contributed by atoms with Crippen LogP contribution in [0.15, 0.2) is 0 Å². The Morgan fingerprint density at radius 3 is 0.619 bits per heavy atom. The summed E-state index contributed by atoms with van der Waals surface area (Å²) < 4.78 is 0. The normalized spacial score (nSPS) is 11.7. The largest absolute Gasteiger partial charge is 4.00 e. The zero-order valence-electron chi connectivity index (χ0n) is 15.0. The van der Waals surface area contributed by atoms with Gasteiger partial charge in [-0.2, -0.15) is 39.3 Å². The minimum Gasteiger partial charge on any atom is -0.663 e. The van der Waals surface area contributed by atoms with Crippen LogP contribution in [-0.2, 0) is 21.7 Å². The fraction of sp³-hybridized carbons (Fsp3) is 0.706. The van der Waals surface area contributed by atoms with Crippen molar-refractivity contribution in [3.05, 3.63) is 48.1 Å². The fourth-order valence-corrected chi connectivity index (χ4v) is 0.992. The van der Waals surface area contributed by atoms with E-state index in [1.807, 2.05) is 73.6 Å². The second kappa shape index (κ2) is 37.1. The van der Waals surface area contributed by atoms with Crippen molar-refractivity contribution >= 4 is 0 Å². The van der Waals surface area contributed by atoms with Crippen LogP contribution in [0, 0.1) is 32.1 Å². The molecule has 1 aliphatic rings. The zero-order chi connectivity index (χ0) is 15.9. The number of hydrogen-bond acceptors (Lipinski definition) is 0. The van der Waals surface area contributed by atoms with Crippen molar-refractivity contribution in [3.8, 4) is 0 Å². The molecule has 121 valence electrons. The summed E-state index contributed by atoms with van der Waals surface area (Å²) in [6.45, 7) is 18.1. The third kappa shape index (κ3) is 53.0. The number of rotatable bonds is 6. The van der Waals surface area contributed by atoms with Gasteiger partial charge in [0.15, 0.2) is 0 Å². The summed E-state index contributed by atoms with van der Waals surface area (Å²) in [5.74, 6) is 0. The average molecular weight is 329 g/mol. The van der Waals surface area contributed by atoms with Crippen molar-refractivity contribution in [2.45, 2.75) is 41.5 Å². The maximum Gasteiger partial charge on any atom is 4.00 e. The molecule has 0 amide bonds. The van der Waals surface area contributed by atoms with Crippen molar-refractivity contribution in [2.75, 3.05) is 39.3 Å². The van der Waals surface area contributed by atoms with Crippen molar-refractivity contribution in [3.63, 3.8) is 0 Å². The van der Waals surface area contributed by atoms with Crippen LogP contribution in [0.3, 0.4) is 0 Å². The van der Waals surface area contributed by atoms with Crippen LogP contribution in [0.5, 0.6) is 0 Å². The predicted molar refractivity (Wildman–Crippen MR) is 94.8 cm³/mol. The average Bonchev–Trinajstić information content (AvgIpc) is 3.02. The minimum atomic E-state index is 0. The molecule has 0 N–H and O–H groups in total. The van der Waals surface area contributed by atoms with E-state index in [9.17, 15) is 0 Å². The van der Waals surface area contributed by atoms with E-state index in [2.05, 4.69) is 16.0 Å². The van der Waals surface area contributed by atoms with Crippen LogP contribution >= 0.6 is 0 Å². The molecule has 3 nitrogen and oxygen atoms in total. The van der Waals surface area contributed by atoms with Crippen LogP contribution in [0.4, 0.5) is 0 Å². The van der Waals surface area contributed by atoms with Crippen LogP contribution in [0.25, 0.3) is 16.0 Å². The van der Waals surface area contributed by atoms with Gasteiger partial charge in [-0.15, -0.1) is 0 Å². The summed E-state index contributed by atoms with van der Waals surface area (Å²) in [5, 5.41) is 11.9. The van der Waals surface area contributed by atoms with Gasteiger partial charge in [-0.25, -0.2) is 0 Å². The molecular formula is C17H35N3Ti+. The first kappa shape index (κ1) is 29.6. The molecule has 0 heterocycles. The van der Waals surface area contributed by atoms with E-state index in [4.69, 9.17) is 0 Å². The Kier molecular flexibility index (Phi) is 52.3. The summed E-state index contributed by atoms with van der Waals surface area (Å²) in [6.07, 6.45) is 10.0. The second-order valence-electron chi connectivity index (χ2n) is 3.53. The molecule has 0 aromatic carbocycles. The summed E-state index contributed by atoms with van der Waals surface area (Å²) in [5.41, 5.74) is 0. The van der Waals surface area contributed by atoms with E-state index in [-0.39, 0.29) is 21.7 Å². The smallest absolute Gasteiger partial charge is 0.663 e. The first-order valence-electron chi connectivity index (χ1n) is 7.81. The molecular weight excluding hydrogens is 294 g/mol. The standard InChI is InChI=1S/C5H5.3C4H10N.Ti/c1-2-4-5-3-1;3*1-3-5-4-2;/h1-5H;3*3-4H2,1-2H3;/q;3*-1;+4. The molecule has 0 spiro atoms. The molecule has 0 bridgehead atoms. The van der Waals surface area contributed by atoms with Crippen LogP contribution in [-0.4, -0.2) is 39.3 Å². The predicted octanol–water partition coefficient (Wildman–Crippen LogP) is 5.22.